The molecule has 0 aromatic rings. The molecule has 1 saturated carbocycles. The Hall–Kier alpha value is -0.570. The summed E-state index contributed by atoms with van der Waals surface area (Å²) in [5.41, 5.74) is 5.47. The highest BCUT2D eigenvalue weighted by molar-refractivity contribution is 5.84. The van der Waals surface area contributed by atoms with Gasteiger partial charge in [-0.15, -0.1) is 0 Å². The second-order valence-corrected chi connectivity index (χ2v) is 5.16. The van der Waals surface area contributed by atoms with Crippen LogP contribution in [0.25, 0.3) is 0 Å². The van der Waals surface area contributed by atoms with Crippen molar-refractivity contribution < 1.29 is 4.79 Å². The molecule has 88 valence electrons. The summed E-state index contributed by atoms with van der Waals surface area (Å²) in [7, 11) is 0. The van der Waals surface area contributed by atoms with E-state index in [1.165, 1.54) is 0 Å². The van der Waals surface area contributed by atoms with Gasteiger partial charge >= 0.3 is 0 Å². The highest BCUT2D eigenvalue weighted by Crippen LogP contribution is 2.44. The fraction of sp³-hybridized carbons (Fsp3) is 0.917. The average molecular weight is 212 g/mol. The number of rotatable bonds is 5. The lowest BCUT2D eigenvalue weighted by atomic mass is 9.62. The Kier molecular flexibility index (Phi) is 4.14. The number of hydrogen-bond acceptors (Lipinski definition) is 2. The molecule has 0 aliphatic heterocycles. The number of carbonyl (C=O) groups excluding carboxylic acids is 1. The van der Waals surface area contributed by atoms with Crippen LogP contribution < -0.4 is 11.1 Å². The quantitative estimate of drug-likeness (QED) is 0.728. The van der Waals surface area contributed by atoms with Gasteiger partial charge in [-0.25, -0.2) is 0 Å². The molecule has 3 N–H and O–H groups in total. The van der Waals surface area contributed by atoms with Gasteiger partial charge in [0.25, 0.3) is 0 Å². The second-order valence-electron chi connectivity index (χ2n) is 5.16. The van der Waals surface area contributed by atoms with Crippen LogP contribution in [-0.2, 0) is 4.79 Å². The van der Waals surface area contributed by atoms with E-state index in [4.69, 9.17) is 5.73 Å². The first kappa shape index (κ1) is 12.5. The summed E-state index contributed by atoms with van der Waals surface area (Å²) in [4.78, 5) is 12.0. The van der Waals surface area contributed by atoms with E-state index >= 15 is 0 Å². The van der Waals surface area contributed by atoms with Gasteiger partial charge in [-0.1, -0.05) is 20.3 Å². The Morgan fingerprint density at radius 1 is 1.60 bits per heavy atom. The first-order valence-corrected chi connectivity index (χ1v) is 6.05. The minimum absolute atomic E-state index is 0.170. The van der Waals surface area contributed by atoms with E-state index in [-0.39, 0.29) is 17.4 Å². The summed E-state index contributed by atoms with van der Waals surface area (Å²) in [6.45, 7) is 6.86. The van der Waals surface area contributed by atoms with Crippen LogP contribution in [-0.4, -0.2) is 18.5 Å². The molecule has 1 fully saturated rings. The third-order valence-corrected chi connectivity index (χ3v) is 3.45. The van der Waals surface area contributed by atoms with Crippen LogP contribution in [0.15, 0.2) is 0 Å². The minimum Gasteiger partial charge on any atom is -0.353 e. The Balaban J connectivity index is 2.45. The van der Waals surface area contributed by atoms with Crippen molar-refractivity contribution in [1.29, 1.82) is 0 Å². The van der Waals surface area contributed by atoms with E-state index in [1.807, 2.05) is 0 Å². The molecule has 0 radical (unpaired) electrons. The van der Waals surface area contributed by atoms with Crippen molar-refractivity contribution in [1.82, 2.24) is 5.32 Å². The van der Waals surface area contributed by atoms with E-state index in [9.17, 15) is 4.79 Å². The molecule has 1 unspecified atom stereocenters. The Labute approximate surface area is 92.8 Å². The minimum atomic E-state index is -0.249. The summed E-state index contributed by atoms with van der Waals surface area (Å²) in [6, 6.07) is 0.279. The van der Waals surface area contributed by atoms with Crippen LogP contribution in [0.2, 0.25) is 0 Å². The van der Waals surface area contributed by atoms with Crippen molar-refractivity contribution in [3.63, 3.8) is 0 Å². The van der Waals surface area contributed by atoms with Crippen molar-refractivity contribution in [3.8, 4) is 0 Å². The van der Waals surface area contributed by atoms with Gasteiger partial charge in [-0.05, 0) is 32.1 Å². The summed E-state index contributed by atoms with van der Waals surface area (Å²) in [6.07, 6.45) is 4.05. The van der Waals surface area contributed by atoms with Crippen molar-refractivity contribution >= 4 is 5.91 Å². The van der Waals surface area contributed by atoms with Crippen LogP contribution in [0, 0.1) is 11.3 Å². The van der Waals surface area contributed by atoms with E-state index in [0.29, 0.717) is 12.5 Å². The van der Waals surface area contributed by atoms with Crippen molar-refractivity contribution in [3.05, 3.63) is 0 Å². The predicted molar refractivity (Wildman–Crippen MR) is 62.4 cm³/mol. The van der Waals surface area contributed by atoms with Gasteiger partial charge in [0, 0.05) is 12.6 Å². The molecule has 1 amide bonds. The van der Waals surface area contributed by atoms with Gasteiger partial charge in [0.2, 0.25) is 5.91 Å². The zero-order chi connectivity index (χ0) is 11.5. The molecule has 1 atom stereocenters. The molecule has 3 nitrogen and oxygen atoms in total. The zero-order valence-electron chi connectivity index (χ0n) is 10.2. The van der Waals surface area contributed by atoms with Gasteiger partial charge in [-0.2, -0.15) is 0 Å². The largest absolute Gasteiger partial charge is 0.353 e. The maximum atomic E-state index is 12.0. The first-order valence-electron chi connectivity index (χ1n) is 6.05. The molecule has 0 heterocycles. The molecule has 0 bridgehead atoms. The fourth-order valence-electron chi connectivity index (χ4n) is 2.60. The Bertz CT molecular complexity index is 222. The third-order valence-electron chi connectivity index (χ3n) is 3.45. The topological polar surface area (TPSA) is 55.1 Å². The third kappa shape index (κ3) is 2.71. The van der Waals surface area contributed by atoms with Gasteiger partial charge in [0.1, 0.15) is 0 Å². The fourth-order valence-corrected chi connectivity index (χ4v) is 2.60. The summed E-state index contributed by atoms with van der Waals surface area (Å²) >= 11 is 0. The van der Waals surface area contributed by atoms with Gasteiger partial charge in [-0.3, -0.25) is 4.79 Å². The lowest BCUT2D eigenvalue weighted by Crippen LogP contribution is -2.54. The van der Waals surface area contributed by atoms with Gasteiger partial charge < -0.3 is 11.1 Å². The Morgan fingerprint density at radius 2 is 2.20 bits per heavy atom. The normalized spacial score (nSPS) is 31.9. The SMILES string of the molecule is CCCC(C)NC(=O)C1(CN)CC(C)C1. The predicted octanol–water partition coefficient (Wildman–Crippen LogP) is 1.67. The molecular formula is C12H24N2O. The highest BCUT2D eigenvalue weighted by Gasteiger charge is 2.47. The van der Waals surface area contributed by atoms with Crippen LogP contribution in [0.1, 0.15) is 46.5 Å². The van der Waals surface area contributed by atoms with Crippen molar-refractivity contribution in [2.45, 2.75) is 52.5 Å². The van der Waals surface area contributed by atoms with E-state index < -0.39 is 0 Å². The lowest BCUT2D eigenvalue weighted by molar-refractivity contribution is -0.138. The number of nitrogens with one attached hydrogen (secondary N) is 1. The molecule has 0 saturated heterocycles. The molecular weight excluding hydrogens is 188 g/mol. The smallest absolute Gasteiger partial charge is 0.227 e. The first-order chi connectivity index (χ1) is 7.04. The summed E-state index contributed by atoms with van der Waals surface area (Å²) in [5.74, 6) is 0.824. The number of hydrogen-bond donors (Lipinski definition) is 2. The number of nitrogens with two attached hydrogens (primary N) is 1. The summed E-state index contributed by atoms with van der Waals surface area (Å²) < 4.78 is 0. The molecule has 0 spiro atoms. The molecule has 15 heavy (non-hydrogen) atoms. The van der Waals surface area contributed by atoms with E-state index in [1.54, 1.807) is 0 Å². The molecule has 0 aromatic carbocycles. The Morgan fingerprint density at radius 3 is 2.60 bits per heavy atom. The van der Waals surface area contributed by atoms with E-state index in [2.05, 4.69) is 26.1 Å². The van der Waals surface area contributed by atoms with Crippen molar-refractivity contribution in [2.24, 2.45) is 17.1 Å². The molecule has 1 rings (SSSR count). The molecule has 1 aliphatic carbocycles. The van der Waals surface area contributed by atoms with Crippen LogP contribution in [0.4, 0.5) is 0 Å². The van der Waals surface area contributed by atoms with Crippen LogP contribution in [0.5, 0.6) is 0 Å². The van der Waals surface area contributed by atoms with Crippen LogP contribution in [0.3, 0.4) is 0 Å². The molecule has 3 heteroatoms. The molecule has 1 aliphatic rings. The van der Waals surface area contributed by atoms with Gasteiger partial charge in [0.15, 0.2) is 0 Å². The van der Waals surface area contributed by atoms with E-state index in [0.717, 1.165) is 25.7 Å². The summed E-state index contributed by atoms with van der Waals surface area (Å²) in [5, 5.41) is 3.08. The van der Waals surface area contributed by atoms with Gasteiger partial charge in [0.05, 0.1) is 5.41 Å². The second kappa shape index (κ2) is 4.97. The molecule has 0 aromatic heterocycles. The standard InChI is InChI=1S/C12H24N2O/c1-4-5-10(3)14-11(15)12(8-13)6-9(2)7-12/h9-10H,4-8,13H2,1-3H3,(H,14,15). The lowest BCUT2D eigenvalue weighted by Gasteiger charge is -2.44. The van der Waals surface area contributed by atoms with Crippen LogP contribution >= 0.6 is 0 Å². The van der Waals surface area contributed by atoms with Crippen molar-refractivity contribution in [2.75, 3.05) is 6.54 Å². The highest BCUT2D eigenvalue weighted by atomic mass is 16.2. The average Bonchev–Trinajstić information content (AvgIpc) is 2.12. The maximum absolute atomic E-state index is 12.0. The number of carbonyl (C=O) groups is 1. The zero-order valence-corrected chi connectivity index (χ0v) is 10.2. The monoisotopic (exact) mass is 212 g/mol. The maximum Gasteiger partial charge on any atom is 0.227 e. The number of amides is 1.